The number of rotatable bonds is 1. The number of nitrogens with zero attached hydrogens (tertiary/aromatic N) is 1. The van der Waals surface area contributed by atoms with Crippen molar-refractivity contribution in [2.75, 3.05) is 10.2 Å². The van der Waals surface area contributed by atoms with Gasteiger partial charge >= 0.3 is 0 Å². The minimum atomic E-state index is -1.50. The highest BCUT2D eigenvalue weighted by molar-refractivity contribution is 9.10. The molecule has 3 aromatic carbocycles. The number of hydrogen-bond acceptors (Lipinski definition) is 4. The van der Waals surface area contributed by atoms with Crippen LogP contribution in [0.2, 0.25) is 0 Å². The molecular formula is C29H19BrN2O3. The maximum absolute atomic E-state index is 14.8. The first-order chi connectivity index (χ1) is 17.0. The second-order valence-electron chi connectivity index (χ2n) is 9.26. The molecule has 170 valence electrons. The third-order valence-electron chi connectivity index (χ3n) is 7.51. The molecule has 5 nitrogen and oxygen atoms in total. The van der Waals surface area contributed by atoms with Gasteiger partial charge in [-0.3, -0.25) is 19.3 Å². The van der Waals surface area contributed by atoms with Gasteiger partial charge in [0.15, 0.2) is 11.6 Å². The van der Waals surface area contributed by atoms with Crippen LogP contribution in [-0.2, 0) is 15.0 Å². The summed E-state index contributed by atoms with van der Waals surface area (Å²) in [7, 11) is 0. The van der Waals surface area contributed by atoms with Gasteiger partial charge in [-0.15, -0.1) is 0 Å². The van der Waals surface area contributed by atoms with E-state index in [0.717, 1.165) is 15.7 Å². The zero-order valence-corrected chi connectivity index (χ0v) is 20.2. The molecule has 2 aliphatic carbocycles. The molecule has 2 heterocycles. The van der Waals surface area contributed by atoms with Crippen LogP contribution in [0.1, 0.15) is 40.7 Å². The fourth-order valence-corrected chi connectivity index (χ4v) is 6.54. The van der Waals surface area contributed by atoms with Crippen LogP contribution in [-0.4, -0.2) is 17.5 Å². The molecule has 1 spiro atoms. The molecule has 6 heteroatoms. The summed E-state index contributed by atoms with van der Waals surface area (Å²) in [6.07, 6.45) is 1.63. The quantitative estimate of drug-likeness (QED) is 0.440. The average Bonchev–Trinajstić information content (AvgIpc) is 3.30. The van der Waals surface area contributed by atoms with E-state index in [1.807, 2.05) is 66.7 Å². The highest BCUT2D eigenvalue weighted by Gasteiger charge is 2.64. The van der Waals surface area contributed by atoms with E-state index in [0.29, 0.717) is 58.6 Å². The van der Waals surface area contributed by atoms with E-state index in [9.17, 15) is 14.4 Å². The van der Waals surface area contributed by atoms with Crippen LogP contribution in [0.5, 0.6) is 0 Å². The largest absolute Gasteiger partial charge is 0.354 e. The molecule has 3 aromatic rings. The zero-order valence-electron chi connectivity index (χ0n) is 18.6. The first-order valence-corrected chi connectivity index (χ1v) is 12.4. The Hall–Kier alpha value is -3.77. The van der Waals surface area contributed by atoms with Crippen LogP contribution < -0.4 is 10.2 Å². The van der Waals surface area contributed by atoms with Crippen molar-refractivity contribution in [3.63, 3.8) is 0 Å². The van der Waals surface area contributed by atoms with Gasteiger partial charge in [0.05, 0.1) is 5.70 Å². The van der Waals surface area contributed by atoms with E-state index in [2.05, 4.69) is 21.2 Å². The minimum absolute atomic E-state index is 0.0681. The maximum atomic E-state index is 14.8. The second-order valence-corrected chi connectivity index (χ2v) is 10.2. The number of Topliss-reactive ketones (excluding diaryl/α,β-unsaturated/α-hetero) is 2. The third kappa shape index (κ3) is 2.50. The van der Waals surface area contributed by atoms with Crippen molar-refractivity contribution in [3.05, 3.63) is 111 Å². The maximum Gasteiger partial charge on any atom is 0.251 e. The van der Waals surface area contributed by atoms with Crippen LogP contribution >= 0.6 is 15.9 Å². The predicted octanol–water partition coefficient (Wildman–Crippen LogP) is 5.77. The Balaban J connectivity index is 1.62. The zero-order chi connectivity index (χ0) is 23.9. The van der Waals surface area contributed by atoms with Gasteiger partial charge in [0, 0.05) is 55.8 Å². The fourth-order valence-electron chi connectivity index (χ4n) is 6.18. The van der Waals surface area contributed by atoms with Gasteiger partial charge in [0.1, 0.15) is 5.41 Å². The number of ketones is 2. The Morgan fingerprint density at radius 1 is 0.829 bits per heavy atom. The average molecular weight is 523 g/mol. The number of nitrogens with one attached hydrogen (secondary N) is 1. The number of allylic oxidation sites excluding steroid dienone is 1. The summed E-state index contributed by atoms with van der Waals surface area (Å²) in [6, 6.07) is 22.5. The number of carbonyl (C=O) groups excluding carboxylic acids is 3. The number of amides is 1. The third-order valence-corrected chi connectivity index (χ3v) is 8.00. The Morgan fingerprint density at radius 3 is 2.37 bits per heavy atom. The number of fused-ring (bicyclic) bond motifs is 6. The smallest absolute Gasteiger partial charge is 0.251 e. The molecule has 0 saturated carbocycles. The summed E-state index contributed by atoms with van der Waals surface area (Å²) in [5, 5.41) is 3.44. The van der Waals surface area contributed by atoms with Crippen molar-refractivity contribution in [1.29, 1.82) is 0 Å². The summed E-state index contributed by atoms with van der Waals surface area (Å²) < 4.78 is 0.779. The molecule has 0 radical (unpaired) electrons. The van der Waals surface area contributed by atoms with Gasteiger partial charge in [-0.2, -0.15) is 0 Å². The van der Waals surface area contributed by atoms with Crippen molar-refractivity contribution in [2.45, 2.75) is 24.7 Å². The summed E-state index contributed by atoms with van der Waals surface area (Å²) in [6.45, 7) is 0. The van der Waals surface area contributed by atoms with Crippen molar-refractivity contribution >= 4 is 50.5 Å². The lowest BCUT2D eigenvalue weighted by Gasteiger charge is -2.38. The fraction of sp³-hybridized carbons (Fsp3) is 0.138. The number of anilines is 2. The van der Waals surface area contributed by atoms with E-state index in [1.165, 1.54) is 0 Å². The molecule has 1 atom stereocenters. The molecule has 0 aromatic heterocycles. The molecule has 0 fully saturated rings. The van der Waals surface area contributed by atoms with Crippen molar-refractivity contribution in [2.24, 2.45) is 0 Å². The SMILES string of the molecule is O=C1CCCC2=C1C1(C(=O)N2c2ccccc2)C2=C(Nc3ccc(Br)cc31)c1ccccc1C2=O. The summed E-state index contributed by atoms with van der Waals surface area (Å²) >= 11 is 3.57. The van der Waals surface area contributed by atoms with Crippen LogP contribution in [0.15, 0.2) is 94.1 Å². The van der Waals surface area contributed by atoms with Crippen LogP contribution in [0.4, 0.5) is 11.4 Å². The van der Waals surface area contributed by atoms with Gasteiger partial charge in [-0.1, -0.05) is 58.4 Å². The van der Waals surface area contributed by atoms with Gasteiger partial charge in [-0.25, -0.2) is 0 Å². The van der Waals surface area contributed by atoms with Gasteiger partial charge in [0.2, 0.25) is 0 Å². The lowest BCUT2D eigenvalue weighted by Crippen LogP contribution is -2.47. The van der Waals surface area contributed by atoms with Crippen LogP contribution in [0, 0.1) is 0 Å². The number of carbonyl (C=O) groups is 3. The summed E-state index contributed by atoms with van der Waals surface area (Å²) in [5.41, 5.74) is 4.01. The highest BCUT2D eigenvalue weighted by Crippen LogP contribution is 2.60. The summed E-state index contributed by atoms with van der Waals surface area (Å²) in [5.74, 6) is -0.540. The highest BCUT2D eigenvalue weighted by atomic mass is 79.9. The molecule has 0 saturated heterocycles. The first kappa shape index (κ1) is 20.6. The van der Waals surface area contributed by atoms with Crippen LogP contribution in [0.25, 0.3) is 5.70 Å². The Bertz CT molecular complexity index is 1570. The normalized spacial score (nSPS) is 22.3. The molecule has 35 heavy (non-hydrogen) atoms. The Kier molecular flexibility index (Phi) is 4.19. The standard InChI is InChI=1S/C29H19BrN2O3/c30-16-13-14-21-20(15-16)29(25-26(31-21)18-9-4-5-10-19(18)27(25)34)24-22(11-6-12-23(24)33)32(28(29)35)17-7-2-1-3-8-17/h1-5,7-10,13-15,31H,6,11-12H2. The monoisotopic (exact) mass is 522 g/mol. The lowest BCUT2D eigenvalue weighted by molar-refractivity contribution is -0.122. The lowest BCUT2D eigenvalue weighted by atomic mass is 9.63. The molecule has 1 unspecified atom stereocenters. The van der Waals surface area contributed by atoms with Crippen LogP contribution in [0.3, 0.4) is 0 Å². The van der Waals surface area contributed by atoms with Gasteiger partial charge in [0.25, 0.3) is 5.91 Å². The molecule has 7 rings (SSSR count). The molecule has 2 aliphatic heterocycles. The minimum Gasteiger partial charge on any atom is -0.354 e. The van der Waals surface area contributed by atoms with Gasteiger partial charge < -0.3 is 5.32 Å². The topological polar surface area (TPSA) is 66.5 Å². The number of para-hydroxylation sites is 1. The van der Waals surface area contributed by atoms with E-state index in [1.54, 1.807) is 11.0 Å². The number of benzene rings is 3. The molecular weight excluding hydrogens is 504 g/mol. The summed E-state index contributed by atoms with van der Waals surface area (Å²) in [4.78, 5) is 44.3. The van der Waals surface area contributed by atoms with E-state index in [-0.39, 0.29) is 17.5 Å². The van der Waals surface area contributed by atoms with Crippen molar-refractivity contribution in [3.8, 4) is 0 Å². The van der Waals surface area contributed by atoms with E-state index >= 15 is 0 Å². The second kappa shape index (κ2) is 7.12. The predicted molar refractivity (Wildman–Crippen MR) is 137 cm³/mol. The first-order valence-electron chi connectivity index (χ1n) is 11.7. The van der Waals surface area contributed by atoms with Crippen molar-refractivity contribution < 1.29 is 14.4 Å². The Labute approximate surface area is 210 Å². The van der Waals surface area contributed by atoms with E-state index < -0.39 is 5.41 Å². The van der Waals surface area contributed by atoms with E-state index in [4.69, 9.17) is 0 Å². The Morgan fingerprint density at radius 2 is 1.57 bits per heavy atom. The van der Waals surface area contributed by atoms with Gasteiger partial charge in [-0.05, 0) is 43.2 Å². The van der Waals surface area contributed by atoms with Crippen molar-refractivity contribution in [1.82, 2.24) is 0 Å². The molecule has 4 aliphatic rings. The number of halogens is 1. The number of hydrogen-bond donors (Lipinski definition) is 1. The molecule has 0 bridgehead atoms. The molecule has 1 N–H and O–H groups in total. The molecule has 1 amide bonds.